The van der Waals surface area contributed by atoms with Crippen LogP contribution in [0.3, 0.4) is 0 Å². The lowest BCUT2D eigenvalue weighted by molar-refractivity contribution is 0.0592. The summed E-state index contributed by atoms with van der Waals surface area (Å²) >= 11 is 0. The van der Waals surface area contributed by atoms with Crippen molar-refractivity contribution in [2.45, 2.75) is 13.0 Å². The monoisotopic (exact) mass is 256 g/mol. The fraction of sp³-hybridized carbons (Fsp3) is 0.727. The number of methoxy groups -OCH3 is 2. The van der Waals surface area contributed by atoms with Gasteiger partial charge in [0.2, 0.25) is 0 Å². The Morgan fingerprint density at radius 1 is 1.39 bits per heavy atom. The average Bonchev–Trinajstić information content (AvgIpc) is 2.75. The Bertz CT molecular complexity index is 390. The van der Waals surface area contributed by atoms with Gasteiger partial charge in [0.05, 0.1) is 26.0 Å². The number of likely N-dealkylation sites (N-methyl/N-ethyl adjacent to an activating group) is 1. The lowest BCUT2D eigenvalue weighted by Crippen LogP contribution is -2.21. The van der Waals surface area contributed by atoms with Crippen molar-refractivity contribution in [1.29, 1.82) is 0 Å². The van der Waals surface area contributed by atoms with E-state index in [9.17, 15) is 4.79 Å². The number of hydrogen-bond donors (Lipinski definition) is 0. The SMILES string of the molecule is COCCc1c(C(=O)OC)nnn1CCN(C)C. The van der Waals surface area contributed by atoms with E-state index in [4.69, 9.17) is 4.74 Å². The highest BCUT2D eigenvalue weighted by atomic mass is 16.5. The summed E-state index contributed by atoms with van der Waals surface area (Å²) in [6.07, 6.45) is 0.585. The van der Waals surface area contributed by atoms with Crippen molar-refractivity contribution >= 4 is 5.97 Å². The van der Waals surface area contributed by atoms with Crippen LogP contribution in [0.25, 0.3) is 0 Å². The Hall–Kier alpha value is -1.47. The first-order chi connectivity index (χ1) is 8.60. The van der Waals surface area contributed by atoms with E-state index in [0.29, 0.717) is 19.6 Å². The molecule has 0 atom stereocenters. The van der Waals surface area contributed by atoms with E-state index in [0.717, 1.165) is 12.2 Å². The molecule has 0 N–H and O–H groups in total. The topological polar surface area (TPSA) is 69.5 Å². The highest BCUT2D eigenvalue weighted by molar-refractivity contribution is 5.88. The van der Waals surface area contributed by atoms with Gasteiger partial charge in [-0.2, -0.15) is 0 Å². The molecule has 0 saturated heterocycles. The van der Waals surface area contributed by atoms with Crippen LogP contribution in [0.4, 0.5) is 0 Å². The maximum absolute atomic E-state index is 11.6. The van der Waals surface area contributed by atoms with Crippen molar-refractivity contribution in [2.75, 3.05) is 41.5 Å². The maximum atomic E-state index is 11.6. The summed E-state index contributed by atoms with van der Waals surface area (Å²) < 4.78 is 11.4. The average molecular weight is 256 g/mol. The van der Waals surface area contributed by atoms with E-state index in [1.807, 2.05) is 19.0 Å². The summed E-state index contributed by atoms with van der Waals surface area (Å²) in [5.74, 6) is -0.461. The first kappa shape index (κ1) is 14.6. The van der Waals surface area contributed by atoms with Gasteiger partial charge in [-0.25, -0.2) is 9.48 Å². The molecule has 0 aliphatic heterocycles. The van der Waals surface area contributed by atoms with Crippen molar-refractivity contribution in [3.05, 3.63) is 11.4 Å². The van der Waals surface area contributed by atoms with E-state index >= 15 is 0 Å². The summed E-state index contributed by atoms with van der Waals surface area (Å²) in [5.41, 5.74) is 1.03. The van der Waals surface area contributed by atoms with Crippen LogP contribution >= 0.6 is 0 Å². The van der Waals surface area contributed by atoms with E-state index < -0.39 is 5.97 Å². The molecule has 0 fully saturated rings. The first-order valence-corrected chi connectivity index (χ1v) is 5.74. The van der Waals surface area contributed by atoms with Crippen molar-refractivity contribution in [1.82, 2.24) is 19.9 Å². The van der Waals surface area contributed by atoms with Crippen LogP contribution in [0.1, 0.15) is 16.2 Å². The molecule has 0 amide bonds. The third kappa shape index (κ3) is 3.78. The zero-order valence-corrected chi connectivity index (χ0v) is 11.3. The lowest BCUT2D eigenvalue weighted by atomic mass is 10.2. The quantitative estimate of drug-likeness (QED) is 0.630. The van der Waals surface area contributed by atoms with Gasteiger partial charge in [0, 0.05) is 20.1 Å². The largest absolute Gasteiger partial charge is 0.464 e. The van der Waals surface area contributed by atoms with Crippen molar-refractivity contribution in [2.24, 2.45) is 0 Å². The molecule has 1 rings (SSSR count). The van der Waals surface area contributed by atoms with Crippen LogP contribution in [0.15, 0.2) is 0 Å². The minimum absolute atomic E-state index is 0.272. The first-order valence-electron chi connectivity index (χ1n) is 5.74. The zero-order valence-electron chi connectivity index (χ0n) is 11.3. The Balaban J connectivity index is 2.88. The lowest BCUT2D eigenvalue weighted by Gasteiger charge is -2.11. The van der Waals surface area contributed by atoms with Gasteiger partial charge in [0.1, 0.15) is 0 Å². The Kier molecular flexibility index (Phi) is 5.73. The zero-order chi connectivity index (χ0) is 13.5. The summed E-state index contributed by atoms with van der Waals surface area (Å²) in [5, 5.41) is 7.88. The molecular weight excluding hydrogens is 236 g/mol. The Morgan fingerprint density at radius 2 is 2.11 bits per heavy atom. The summed E-state index contributed by atoms with van der Waals surface area (Å²) in [6, 6.07) is 0. The molecule has 18 heavy (non-hydrogen) atoms. The number of aromatic nitrogens is 3. The molecule has 102 valence electrons. The third-order valence-corrected chi connectivity index (χ3v) is 2.52. The van der Waals surface area contributed by atoms with Gasteiger partial charge in [-0.3, -0.25) is 0 Å². The number of hydrogen-bond acceptors (Lipinski definition) is 6. The van der Waals surface area contributed by atoms with Gasteiger partial charge < -0.3 is 14.4 Å². The minimum atomic E-state index is -0.461. The predicted molar refractivity (Wildman–Crippen MR) is 65.5 cm³/mol. The van der Waals surface area contributed by atoms with Crippen LogP contribution < -0.4 is 0 Å². The highest BCUT2D eigenvalue weighted by Crippen LogP contribution is 2.08. The molecular formula is C11H20N4O3. The maximum Gasteiger partial charge on any atom is 0.360 e. The summed E-state index contributed by atoms with van der Waals surface area (Å²) in [6.45, 7) is 2.01. The van der Waals surface area contributed by atoms with Crippen LogP contribution in [-0.4, -0.2) is 67.3 Å². The fourth-order valence-electron chi connectivity index (χ4n) is 1.51. The molecule has 7 nitrogen and oxygen atoms in total. The van der Waals surface area contributed by atoms with Gasteiger partial charge >= 0.3 is 5.97 Å². The van der Waals surface area contributed by atoms with E-state index in [2.05, 4.69) is 15.0 Å². The fourth-order valence-corrected chi connectivity index (χ4v) is 1.51. The number of rotatable bonds is 7. The molecule has 0 aliphatic rings. The third-order valence-electron chi connectivity index (χ3n) is 2.52. The van der Waals surface area contributed by atoms with E-state index in [1.165, 1.54) is 7.11 Å². The number of ether oxygens (including phenoxy) is 2. The Morgan fingerprint density at radius 3 is 2.67 bits per heavy atom. The van der Waals surface area contributed by atoms with Gasteiger partial charge in [0.25, 0.3) is 0 Å². The summed E-state index contributed by atoms with van der Waals surface area (Å²) in [4.78, 5) is 13.6. The Labute approximate surface area is 107 Å². The van der Waals surface area contributed by atoms with Crippen LogP contribution in [0.2, 0.25) is 0 Å². The van der Waals surface area contributed by atoms with Crippen molar-refractivity contribution < 1.29 is 14.3 Å². The second kappa shape index (κ2) is 7.07. The number of carbonyl (C=O) groups is 1. The standard InChI is InChI=1S/C11H20N4O3/c1-14(2)6-7-15-9(5-8-17-3)10(12-13-15)11(16)18-4/h5-8H2,1-4H3. The van der Waals surface area contributed by atoms with Crippen molar-refractivity contribution in [3.63, 3.8) is 0 Å². The van der Waals surface area contributed by atoms with E-state index in [-0.39, 0.29) is 5.69 Å². The van der Waals surface area contributed by atoms with Gasteiger partial charge in [-0.15, -0.1) is 5.10 Å². The molecule has 7 heteroatoms. The van der Waals surface area contributed by atoms with Gasteiger partial charge in [-0.05, 0) is 14.1 Å². The van der Waals surface area contributed by atoms with Crippen LogP contribution in [0, 0.1) is 0 Å². The predicted octanol–water partition coefficient (Wildman–Crippen LogP) is -0.185. The van der Waals surface area contributed by atoms with Crippen LogP contribution in [-0.2, 0) is 22.4 Å². The molecule has 0 saturated carbocycles. The molecule has 0 aliphatic carbocycles. The van der Waals surface area contributed by atoms with Gasteiger partial charge in [0.15, 0.2) is 5.69 Å². The molecule has 1 aromatic rings. The van der Waals surface area contributed by atoms with Gasteiger partial charge in [-0.1, -0.05) is 5.21 Å². The second-order valence-corrected chi connectivity index (χ2v) is 4.15. The number of esters is 1. The molecule has 0 bridgehead atoms. The summed E-state index contributed by atoms with van der Waals surface area (Å²) in [7, 11) is 6.91. The molecule has 1 heterocycles. The number of nitrogens with zero attached hydrogens (tertiary/aromatic N) is 4. The molecule has 0 radical (unpaired) electrons. The molecule has 0 aromatic carbocycles. The second-order valence-electron chi connectivity index (χ2n) is 4.15. The van der Waals surface area contributed by atoms with Crippen molar-refractivity contribution in [3.8, 4) is 0 Å². The molecule has 1 aromatic heterocycles. The van der Waals surface area contributed by atoms with E-state index in [1.54, 1.807) is 11.8 Å². The normalized spacial score (nSPS) is 10.9. The van der Waals surface area contributed by atoms with Crippen LogP contribution in [0.5, 0.6) is 0 Å². The molecule has 0 unspecified atom stereocenters. The minimum Gasteiger partial charge on any atom is -0.464 e. The smallest absolute Gasteiger partial charge is 0.360 e. The highest BCUT2D eigenvalue weighted by Gasteiger charge is 2.19. The number of carbonyl (C=O) groups excluding carboxylic acids is 1. The molecule has 0 spiro atoms.